The van der Waals surface area contributed by atoms with Gasteiger partial charge in [0.2, 0.25) is 0 Å². The standard InChI is InChI=1S/C19H25N3O2/c1-12-21-17(11-22(12)18(23)24-19(2,3)4)15-9-5-8-14-13(15)7-6-10-16(14)20/h6-7,10-11,15H,5,8-9,20H2,1-4H3. The number of carbonyl (C=O) groups excluding carboxylic acids is 1. The van der Waals surface area contributed by atoms with Gasteiger partial charge in [0.1, 0.15) is 11.4 Å². The van der Waals surface area contributed by atoms with Crippen molar-refractivity contribution in [3.63, 3.8) is 0 Å². The van der Waals surface area contributed by atoms with Crippen LogP contribution < -0.4 is 5.73 Å². The van der Waals surface area contributed by atoms with Gasteiger partial charge in [-0.2, -0.15) is 0 Å². The summed E-state index contributed by atoms with van der Waals surface area (Å²) < 4.78 is 6.96. The topological polar surface area (TPSA) is 70.1 Å². The predicted octanol–water partition coefficient (Wildman–Crippen LogP) is 4.03. The molecule has 1 atom stereocenters. The fraction of sp³-hybridized carbons (Fsp3) is 0.474. The van der Waals surface area contributed by atoms with Gasteiger partial charge in [-0.15, -0.1) is 0 Å². The maximum absolute atomic E-state index is 12.4. The molecule has 1 unspecified atom stereocenters. The van der Waals surface area contributed by atoms with Gasteiger partial charge in [-0.3, -0.25) is 0 Å². The molecular weight excluding hydrogens is 302 g/mol. The zero-order valence-corrected chi connectivity index (χ0v) is 14.8. The number of carbonyl (C=O) groups is 1. The lowest BCUT2D eigenvalue weighted by atomic mass is 9.80. The zero-order chi connectivity index (χ0) is 17.5. The molecule has 2 aromatic rings. The van der Waals surface area contributed by atoms with Gasteiger partial charge < -0.3 is 10.5 Å². The second-order valence-corrected chi connectivity index (χ2v) is 7.42. The predicted molar refractivity (Wildman–Crippen MR) is 94.2 cm³/mol. The van der Waals surface area contributed by atoms with Crippen LogP contribution in [0.15, 0.2) is 24.4 Å². The van der Waals surface area contributed by atoms with Gasteiger partial charge in [-0.05, 0) is 64.2 Å². The number of rotatable bonds is 1. The molecule has 1 aliphatic carbocycles. The Morgan fingerprint density at radius 1 is 1.38 bits per heavy atom. The first kappa shape index (κ1) is 16.6. The highest BCUT2D eigenvalue weighted by atomic mass is 16.6. The van der Waals surface area contributed by atoms with E-state index >= 15 is 0 Å². The number of aromatic nitrogens is 2. The SMILES string of the molecule is Cc1nc(C2CCCc3c(N)cccc32)cn1C(=O)OC(C)(C)C. The summed E-state index contributed by atoms with van der Waals surface area (Å²) in [5.41, 5.74) is 9.81. The van der Waals surface area contributed by atoms with Crippen LogP contribution in [0.25, 0.3) is 0 Å². The molecule has 1 aromatic carbocycles. The van der Waals surface area contributed by atoms with E-state index in [1.807, 2.05) is 46.0 Å². The van der Waals surface area contributed by atoms with Crippen molar-refractivity contribution in [3.05, 3.63) is 47.0 Å². The van der Waals surface area contributed by atoms with E-state index in [9.17, 15) is 4.79 Å². The summed E-state index contributed by atoms with van der Waals surface area (Å²) >= 11 is 0. The van der Waals surface area contributed by atoms with Crippen LogP contribution in [0.2, 0.25) is 0 Å². The molecule has 0 spiro atoms. The Morgan fingerprint density at radius 3 is 2.83 bits per heavy atom. The van der Waals surface area contributed by atoms with Crippen LogP contribution >= 0.6 is 0 Å². The number of fused-ring (bicyclic) bond motifs is 1. The Bertz CT molecular complexity index is 771. The van der Waals surface area contributed by atoms with Gasteiger partial charge in [0.25, 0.3) is 0 Å². The second-order valence-electron chi connectivity index (χ2n) is 7.42. The molecule has 0 fully saturated rings. The molecule has 128 valence electrons. The summed E-state index contributed by atoms with van der Waals surface area (Å²) in [5.74, 6) is 0.829. The van der Waals surface area contributed by atoms with Crippen molar-refractivity contribution in [2.24, 2.45) is 0 Å². The zero-order valence-electron chi connectivity index (χ0n) is 14.8. The number of hydrogen-bond donors (Lipinski definition) is 1. The van der Waals surface area contributed by atoms with E-state index in [1.54, 1.807) is 0 Å². The minimum absolute atomic E-state index is 0.180. The summed E-state index contributed by atoms with van der Waals surface area (Å²) in [4.78, 5) is 17.0. The highest BCUT2D eigenvalue weighted by Gasteiger charge is 2.27. The maximum Gasteiger partial charge on any atom is 0.419 e. The molecule has 0 amide bonds. The molecule has 24 heavy (non-hydrogen) atoms. The monoisotopic (exact) mass is 327 g/mol. The number of nitrogens with zero attached hydrogens (tertiary/aromatic N) is 2. The fourth-order valence-corrected chi connectivity index (χ4v) is 3.34. The lowest BCUT2D eigenvalue weighted by Crippen LogP contribution is -2.27. The number of hydrogen-bond acceptors (Lipinski definition) is 4. The average Bonchev–Trinajstić information content (AvgIpc) is 2.87. The molecule has 0 bridgehead atoms. The molecule has 0 saturated heterocycles. The van der Waals surface area contributed by atoms with E-state index in [-0.39, 0.29) is 12.0 Å². The molecule has 1 heterocycles. The summed E-state index contributed by atoms with van der Waals surface area (Å²) in [6.07, 6.45) is 4.52. The first-order valence-corrected chi connectivity index (χ1v) is 8.43. The van der Waals surface area contributed by atoms with E-state index in [0.717, 1.165) is 30.6 Å². The Labute approximate surface area is 142 Å². The molecule has 3 rings (SSSR count). The minimum atomic E-state index is -0.528. The highest BCUT2D eigenvalue weighted by molar-refractivity contribution is 5.71. The van der Waals surface area contributed by atoms with Crippen LogP contribution in [-0.2, 0) is 11.2 Å². The number of aryl methyl sites for hydroxylation is 1. The minimum Gasteiger partial charge on any atom is -0.443 e. The Hall–Kier alpha value is -2.30. The first-order chi connectivity index (χ1) is 11.3. The van der Waals surface area contributed by atoms with Crippen LogP contribution in [0.5, 0.6) is 0 Å². The third kappa shape index (κ3) is 3.16. The molecule has 0 aliphatic heterocycles. The van der Waals surface area contributed by atoms with Crippen LogP contribution in [-0.4, -0.2) is 21.2 Å². The van der Waals surface area contributed by atoms with Gasteiger partial charge in [0.15, 0.2) is 0 Å². The lowest BCUT2D eigenvalue weighted by Gasteiger charge is -2.25. The highest BCUT2D eigenvalue weighted by Crippen LogP contribution is 2.38. The quantitative estimate of drug-likeness (QED) is 0.803. The van der Waals surface area contributed by atoms with Gasteiger partial charge in [0.05, 0.1) is 5.69 Å². The van der Waals surface area contributed by atoms with Crippen molar-refractivity contribution >= 4 is 11.8 Å². The lowest BCUT2D eigenvalue weighted by molar-refractivity contribution is 0.0533. The van der Waals surface area contributed by atoms with Crippen molar-refractivity contribution in [2.75, 3.05) is 5.73 Å². The smallest absolute Gasteiger partial charge is 0.419 e. The van der Waals surface area contributed by atoms with E-state index in [1.165, 1.54) is 15.7 Å². The normalized spacial score (nSPS) is 17.4. The molecule has 0 radical (unpaired) electrons. The number of benzene rings is 1. The third-order valence-electron chi connectivity index (χ3n) is 4.39. The summed E-state index contributed by atoms with van der Waals surface area (Å²) in [6, 6.07) is 6.06. The summed E-state index contributed by atoms with van der Waals surface area (Å²) in [6.45, 7) is 7.41. The van der Waals surface area contributed by atoms with E-state index in [2.05, 4.69) is 11.1 Å². The third-order valence-corrected chi connectivity index (χ3v) is 4.39. The fourth-order valence-electron chi connectivity index (χ4n) is 3.34. The van der Waals surface area contributed by atoms with E-state index < -0.39 is 5.60 Å². The van der Waals surface area contributed by atoms with Crippen molar-refractivity contribution in [1.82, 2.24) is 9.55 Å². The van der Waals surface area contributed by atoms with Crippen LogP contribution in [0, 0.1) is 6.92 Å². The first-order valence-electron chi connectivity index (χ1n) is 8.43. The summed E-state index contributed by atoms with van der Waals surface area (Å²) in [7, 11) is 0. The Morgan fingerprint density at radius 2 is 2.12 bits per heavy atom. The second kappa shape index (κ2) is 5.96. The molecule has 1 aromatic heterocycles. The van der Waals surface area contributed by atoms with Gasteiger partial charge in [0, 0.05) is 17.8 Å². The molecular formula is C19H25N3O2. The van der Waals surface area contributed by atoms with Crippen molar-refractivity contribution < 1.29 is 9.53 Å². The van der Waals surface area contributed by atoms with Crippen molar-refractivity contribution in [3.8, 4) is 0 Å². The Balaban J connectivity index is 1.94. The number of anilines is 1. The van der Waals surface area contributed by atoms with Crippen LogP contribution in [0.3, 0.4) is 0 Å². The Kier molecular flexibility index (Phi) is 4.11. The number of nitrogens with two attached hydrogens (primary N) is 1. The average molecular weight is 327 g/mol. The van der Waals surface area contributed by atoms with Crippen molar-refractivity contribution in [2.45, 2.75) is 58.5 Å². The molecule has 5 heteroatoms. The van der Waals surface area contributed by atoms with E-state index in [4.69, 9.17) is 10.5 Å². The van der Waals surface area contributed by atoms with Gasteiger partial charge in [-0.25, -0.2) is 14.3 Å². The van der Waals surface area contributed by atoms with Gasteiger partial charge in [-0.1, -0.05) is 12.1 Å². The number of imidazole rings is 1. The van der Waals surface area contributed by atoms with Crippen molar-refractivity contribution in [1.29, 1.82) is 0 Å². The maximum atomic E-state index is 12.4. The van der Waals surface area contributed by atoms with Gasteiger partial charge >= 0.3 is 6.09 Å². The molecule has 1 aliphatic rings. The van der Waals surface area contributed by atoms with Crippen LogP contribution in [0.4, 0.5) is 10.5 Å². The number of ether oxygens (including phenoxy) is 1. The van der Waals surface area contributed by atoms with E-state index in [0.29, 0.717) is 5.82 Å². The summed E-state index contributed by atoms with van der Waals surface area (Å²) in [5, 5.41) is 0. The number of nitrogen functional groups attached to an aromatic ring is 1. The molecule has 5 nitrogen and oxygen atoms in total. The molecule has 2 N–H and O–H groups in total. The van der Waals surface area contributed by atoms with Crippen LogP contribution in [0.1, 0.15) is 62.2 Å². The molecule has 0 saturated carbocycles. The largest absolute Gasteiger partial charge is 0.443 e.